The Morgan fingerprint density at radius 3 is 1.56 bits per heavy atom. The minimum atomic E-state index is -2.89. The monoisotopic (exact) mass is 1120 g/mol. The van der Waals surface area contributed by atoms with Crippen molar-refractivity contribution < 1.29 is 94.6 Å². The third-order valence-corrected chi connectivity index (χ3v) is 15.4. The van der Waals surface area contributed by atoms with E-state index in [2.05, 4.69) is 31.4 Å². The quantitative estimate of drug-likeness (QED) is 0.0384. The molecular weight excluding hydrogens is 1020 g/mol. The molecule has 2 aliphatic rings. The number of hydrogen-bond acceptors (Lipinski definition) is 18. The number of carboxylic acid groups (broad SMARTS) is 1. The number of carbonyl (C=O) groups excluding carboxylic acids is 2. The number of nitrogens with one attached hydrogen (secondary N) is 2. The van der Waals surface area contributed by atoms with E-state index in [9.17, 15) is 75.7 Å². The van der Waals surface area contributed by atoms with Gasteiger partial charge in [-0.25, -0.2) is 4.79 Å². The van der Waals surface area contributed by atoms with E-state index in [1.54, 1.807) is 0 Å². The van der Waals surface area contributed by atoms with Crippen LogP contribution in [0.4, 0.5) is 0 Å². The first-order valence-electron chi connectivity index (χ1n) is 30.1. The van der Waals surface area contributed by atoms with Crippen LogP contribution in [0.1, 0.15) is 220 Å². The van der Waals surface area contributed by atoms with Crippen LogP contribution in [0.3, 0.4) is 0 Å². The zero-order chi connectivity index (χ0) is 57.9. The van der Waals surface area contributed by atoms with Gasteiger partial charge in [0.2, 0.25) is 11.8 Å². The predicted octanol–water partition coefficient (Wildman–Crippen LogP) is 3.90. The van der Waals surface area contributed by atoms with E-state index in [1.807, 2.05) is 0 Å². The zero-order valence-corrected chi connectivity index (χ0v) is 47.6. The van der Waals surface area contributed by atoms with E-state index >= 15 is 0 Å². The summed E-state index contributed by atoms with van der Waals surface area (Å²) in [5.41, 5.74) is 0. The standard InChI is InChI=1S/C57H108N2O19/c1-4-5-6-7-8-9-10-11-12-13-14-15-16-17-18-19-24-27-30-33-42(63)54(72)58-40(48(67)41(62)32-29-26-23-21-20-22-25-28-31-39(2)3)37-75-55-52(71)51(70)50(69)45(77-55)38-76-57(56(73)74)34-43(64)47(59-46(66)36-61)53(78-57)49(68)44(65)35-60/h39-45,47-53,55,60-65,67-71H,4-38H2,1-3H3,(H,58,72)(H,59,66)(H,73,74)/t40-,41+,42+,43-,44+,45+,47?,48-,49+,50+,51-,52+,53+,55+,57+/m0/s1. The van der Waals surface area contributed by atoms with E-state index in [0.29, 0.717) is 18.8 Å². The van der Waals surface area contributed by atoms with Crippen LogP contribution in [0, 0.1) is 5.92 Å². The van der Waals surface area contributed by atoms with Crippen molar-refractivity contribution in [3.05, 3.63) is 0 Å². The van der Waals surface area contributed by atoms with E-state index in [0.717, 1.165) is 57.8 Å². The minimum Gasteiger partial charge on any atom is -0.477 e. The maximum atomic E-state index is 13.4. The van der Waals surface area contributed by atoms with Gasteiger partial charge >= 0.3 is 5.97 Å². The van der Waals surface area contributed by atoms with Crippen LogP contribution in [0.15, 0.2) is 0 Å². The third-order valence-electron chi connectivity index (χ3n) is 15.4. The van der Waals surface area contributed by atoms with Gasteiger partial charge < -0.3 is 90.9 Å². The van der Waals surface area contributed by atoms with Crippen molar-refractivity contribution in [1.82, 2.24) is 10.6 Å². The van der Waals surface area contributed by atoms with Crippen LogP contribution >= 0.6 is 0 Å². The summed E-state index contributed by atoms with van der Waals surface area (Å²) in [4.78, 5) is 38.3. The molecule has 0 aliphatic carbocycles. The summed E-state index contributed by atoms with van der Waals surface area (Å²) in [7, 11) is 0. The maximum Gasteiger partial charge on any atom is 0.364 e. The summed E-state index contributed by atoms with van der Waals surface area (Å²) in [6.07, 6.45) is 9.58. The van der Waals surface area contributed by atoms with Gasteiger partial charge in [-0.15, -0.1) is 0 Å². The highest BCUT2D eigenvalue weighted by Crippen LogP contribution is 2.35. The molecule has 0 aromatic carbocycles. The molecule has 2 fully saturated rings. The first-order valence-corrected chi connectivity index (χ1v) is 30.1. The van der Waals surface area contributed by atoms with Gasteiger partial charge in [0.15, 0.2) is 6.29 Å². The van der Waals surface area contributed by atoms with Crippen molar-refractivity contribution in [2.24, 2.45) is 5.92 Å². The summed E-state index contributed by atoms with van der Waals surface area (Å²) in [5.74, 6) is -5.99. The molecular formula is C57H108N2O19. The molecule has 21 nitrogen and oxygen atoms in total. The maximum absolute atomic E-state index is 13.4. The lowest BCUT2D eigenvalue weighted by Crippen LogP contribution is -2.68. The fourth-order valence-corrected chi connectivity index (χ4v) is 10.3. The van der Waals surface area contributed by atoms with Crippen LogP contribution in [0.2, 0.25) is 0 Å². The van der Waals surface area contributed by atoms with Gasteiger partial charge in [0, 0.05) is 6.42 Å². The first kappa shape index (κ1) is 71.9. The average Bonchev–Trinajstić information content (AvgIpc) is 3.48. The van der Waals surface area contributed by atoms with E-state index in [-0.39, 0.29) is 12.8 Å². The highest BCUT2D eigenvalue weighted by Gasteiger charge is 2.57. The lowest BCUT2D eigenvalue weighted by Gasteiger charge is -2.47. The predicted molar refractivity (Wildman–Crippen MR) is 292 cm³/mol. The van der Waals surface area contributed by atoms with Gasteiger partial charge in [-0.3, -0.25) is 9.59 Å². The van der Waals surface area contributed by atoms with Crippen LogP contribution in [0.5, 0.6) is 0 Å². The number of hydrogen-bond donors (Lipinski definition) is 14. The summed E-state index contributed by atoms with van der Waals surface area (Å²) in [5, 5.41) is 132. The Morgan fingerprint density at radius 2 is 1.10 bits per heavy atom. The second-order valence-corrected chi connectivity index (χ2v) is 22.7. The summed E-state index contributed by atoms with van der Waals surface area (Å²) in [6, 6.07) is -3.03. The molecule has 0 bridgehead atoms. The molecule has 2 aliphatic heterocycles. The van der Waals surface area contributed by atoms with Crippen molar-refractivity contribution in [3.63, 3.8) is 0 Å². The Morgan fingerprint density at radius 1 is 0.628 bits per heavy atom. The van der Waals surface area contributed by atoms with Crippen molar-refractivity contribution in [3.8, 4) is 0 Å². The van der Waals surface area contributed by atoms with Crippen molar-refractivity contribution in [2.45, 2.75) is 311 Å². The van der Waals surface area contributed by atoms with Crippen LogP contribution in [-0.2, 0) is 33.3 Å². The number of ether oxygens (including phenoxy) is 4. The second-order valence-electron chi connectivity index (χ2n) is 22.7. The molecule has 15 atom stereocenters. The van der Waals surface area contributed by atoms with Crippen LogP contribution in [0.25, 0.3) is 0 Å². The highest BCUT2D eigenvalue weighted by atomic mass is 16.7. The number of carbonyl (C=O) groups is 3. The molecule has 14 N–H and O–H groups in total. The smallest absolute Gasteiger partial charge is 0.364 e. The number of unbranched alkanes of at least 4 members (excludes halogenated alkanes) is 25. The Balaban J connectivity index is 2.03. The third kappa shape index (κ3) is 27.7. The number of amides is 2. The molecule has 2 amide bonds. The number of aliphatic carboxylic acids is 1. The van der Waals surface area contributed by atoms with Gasteiger partial charge in [-0.2, -0.15) is 0 Å². The normalized spacial score (nSPS) is 26.0. The molecule has 0 spiro atoms. The molecule has 1 unspecified atom stereocenters. The number of aliphatic hydroxyl groups excluding tert-OH is 11. The molecule has 0 aromatic rings. The largest absolute Gasteiger partial charge is 0.477 e. The summed E-state index contributed by atoms with van der Waals surface area (Å²) >= 11 is 0. The minimum absolute atomic E-state index is 0.142. The molecule has 2 saturated heterocycles. The van der Waals surface area contributed by atoms with Gasteiger partial charge in [-0.05, 0) is 18.8 Å². The number of carboxylic acids is 1. The van der Waals surface area contributed by atoms with E-state index < -0.39 is 142 Å². The fraction of sp³-hybridized carbons (Fsp3) is 0.947. The Hall–Kier alpha value is -2.19. The molecule has 2 rings (SSSR count). The Kier molecular flexibility index (Phi) is 38.5. The van der Waals surface area contributed by atoms with E-state index in [1.165, 1.54) is 109 Å². The molecule has 21 heteroatoms. The van der Waals surface area contributed by atoms with E-state index in [4.69, 9.17) is 18.9 Å². The number of rotatable bonds is 47. The number of aliphatic hydroxyl groups is 11. The van der Waals surface area contributed by atoms with Crippen molar-refractivity contribution >= 4 is 17.8 Å². The molecule has 0 radical (unpaired) electrons. The summed E-state index contributed by atoms with van der Waals surface area (Å²) < 4.78 is 22.7. The van der Waals surface area contributed by atoms with Crippen LogP contribution in [-0.4, -0.2) is 197 Å². The molecule has 0 aromatic heterocycles. The molecule has 78 heavy (non-hydrogen) atoms. The van der Waals surface area contributed by atoms with Gasteiger partial charge in [0.1, 0.15) is 61.5 Å². The lowest BCUT2D eigenvalue weighted by molar-refractivity contribution is -0.339. The summed E-state index contributed by atoms with van der Waals surface area (Å²) in [6.45, 7) is 2.93. The van der Waals surface area contributed by atoms with Gasteiger partial charge in [-0.1, -0.05) is 201 Å². The second kappa shape index (κ2) is 41.7. The van der Waals surface area contributed by atoms with Crippen LogP contribution < -0.4 is 10.6 Å². The van der Waals surface area contributed by atoms with Gasteiger partial charge in [0.25, 0.3) is 5.79 Å². The zero-order valence-electron chi connectivity index (χ0n) is 47.6. The first-order chi connectivity index (χ1) is 37.3. The highest BCUT2D eigenvalue weighted by molar-refractivity contribution is 5.80. The SMILES string of the molecule is CCCCCCCCCCCCCCCCCCCCC[C@@H](O)C(=O)N[C@@H](CO[C@@H]1O[C@H](CO[C@]2(C(=O)O)C[C@H](O)C(NC(=O)CO)[C@H]([C@H](O)[C@H](O)CO)O2)[C@@H](O)[C@H](O)[C@H]1O)[C@H](O)[C@H](O)CCCCCCCCCCC(C)C. The van der Waals surface area contributed by atoms with Gasteiger partial charge in [0.05, 0.1) is 44.1 Å². The Labute approximate surface area is 465 Å². The molecule has 2 heterocycles. The molecule has 0 saturated carbocycles. The average molecular weight is 1130 g/mol. The van der Waals surface area contributed by atoms with Crippen molar-refractivity contribution in [2.75, 3.05) is 26.4 Å². The molecule has 460 valence electrons. The Bertz CT molecular complexity index is 1550. The topological polar surface area (TPSA) is 355 Å². The fourth-order valence-electron chi connectivity index (χ4n) is 10.3. The lowest BCUT2D eigenvalue weighted by atomic mass is 9.88. The van der Waals surface area contributed by atoms with Crippen molar-refractivity contribution in [1.29, 1.82) is 0 Å².